The van der Waals surface area contributed by atoms with Crippen LogP contribution < -0.4 is 5.32 Å². The molecule has 0 rings (SSSR count). The van der Waals surface area contributed by atoms with Crippen LogP contribution in [0.15, 0.2) is 12.7 Å². The largest absolute Gasteiger partial charge is 0.481 e. The van der Waals surface area contributed by atoms with Crippen LogP contribution in [0.1, 0.15) is 12.8 Å². The van der Waals surface area contributed by atoms with E-state index in [4.69, 9.17) is 5.11 Å². The normalized spacial score (nSPS) is 11.2. The van der Waals surface area contributed by atoms with Crippen molar-refractivity contribution in [2.24, 2.45) is 0 Å². The molecule has 0 aromatic rings. The number of ether oxygens (including phenoxy) is 1. The fourth-order valence-electron chi connectivity index (χ4n) is 0.781. The van der Waals surface area contributed by atoms with Crippen molar-refractivity contribution < 1.29 is 24.2 Å². The van der Waals surface area contributed by atoms with Crippen LogP contribution >= 0.6 is 0 Å². The second-order valence-electron chi connectivity index (χ2n) is 2.71. The Balaban J connectivity index is 3.86. The Morgan fingerprint density at radius 3 is 2.67 bits per heavy atom. The quantitative estimate of drug-likeness (QED) is 0.471. The highest BCUT2D eigenvalue weighted by Crippen LogP contribution is 1.95. The zero-order valence-electron chi connectivity index (χ0n) is 8.14. The zero-order chi connectivity index (χ0) is 11.7. The van der Waals surface area contributed by atoms with Crippen molar-refractivity contribution in [2.75, 3.05) is 6.61 Å². The van der Waals surface area contributed by atoms with Crippen LogP contribution in [0.2, 0.25) is 0 Å². The van der Waals surface area contributed by atoms with Gasteiger partial charge < -0.3 is 20.0 Å². The maximum atomic E-state index is 10.9. The minimum absolute atomic E-state index is 0.0380. The van der Waals surface area contributed by atoms with E-state index in [1.807, 2.05) is 0 Å². The number of nitrogens with one attached hydrogen (secondary N) is 1. The van der Waals surface area contributed by atoms with Crippen LogP contribution in [0, 0.1) is 0 Å². The Morgan fingerprint density at radius 1 is 1.53 bits per heavy atom. The van der Waals surface area contributed by atoms with E-state index in [2.05, 4.69) is 16.6 Å². The molecule has 15 heavy (non-hydrogen) atoms. The number of hydrogen-bond donors (Lipinski definition) is 2. The number of carbonyl (C=O) groups is 3. The average molecular weight is 215 g/mol. The lowest BCUT2D eigenvalue weighted by Crippen LogP contribution is -2.36. The Kier molecular flexibility index (Phi) is 6.61. The van der Waals surface area contributed by atoms with Crippen molar-refractivity contribution in [3.05, 3.63) is 12.7 Å². The lowest BCUT2D eigenvalue weighted by atomic mass is 10.2. The third-order valence-corrected chi connectivity index (χ3v) is 1.47. The summed E-state index contributed by atoms with van der Waals surface area (Å²) in [6.07, 6.45) is 0.940. The second-order valence-corrected chi connectivity index (χ2v) is 2.71. The molecule has 6 heteroatoms. The van der Waals surface area contributed by atoms with Crippen LogP contribution in [0.5, 0.6) is 0 Å². The van der Waals surface area contributed by atoms with Crippen LogP contribution in [0.25, 0.3) is 0 Å². The first-order valence-corrected chi connectivity index (χ1v) is 4.31. The highest BCUT2D eigenvalue weighted by molar-refractivity contribution is 5.74. The monoisotopic (exact) mass is 215 g/mol. The van der Waals surface area contributed by atoms with Gasteiger partial charge in [0.15, 0.2) is 0 Å². The van der Waals surface area contributed by atoms with E-state index in [1.165, 1.54) is 6.08 Å². The Bertz CT molecular complexity index is 251. The predicted molar refractivity (Wildman–Crippen MR) is 51.4 cm³/mol. The van der Waals surface area contributed by atoms with Crippen molar-refractivity contribution in [3.8, 4) is 0 Å². The van der Waals surface area contributed by atoms with Gasteiger partial charge in [-0.1, -0.05) is 12.7 Å². The molecular formula is C9H13NO5. The molecule has 1 amide bonds. The maximum absolute atomic E-state index is 10.9. The number of carboxylic acid groups (broad SMARTS) is 1. The second kappa shape index (κ2) is 7.54. The van der Waals surface area contributed by atoms with E-state index >= 15 is 0 Å². The van der Waals surface area contributed by atoms with Crippen molar-refractivity contribution in [2.45, 2.75) is 18.9 Å². The van der Waals surface area contributed by atoms with Gasteiger partial charge in [-0.3, -0.25) is 4.79 Å². The summed E-state index contributed by atoms with van der Waals surface area (Å²) in [5.74, 6) is -1.02. The summed E-state index contributed by atoms with van der Waals surface area (Å²) in [5.41, 5.74) is 0. The molecule has 0 saturated carbocycles. The standard InChI is InChI=1S/C9H13NO5/c1-2-5-15-9(14)10-7(6-11)3-4-8(12)13/h2,6-7H,1,3-5H2,(H,10,14)(H,12,13). The molecule has 0 fully saturated rings. The Hall–Kier alpha value is -1.85. The fraction of sp³-hybridized carbons (Fsp3) is 0.444. The molecule has 0 spiro atoms. The van der Waals surface area contributed by atoms with Crippen molar-refractivity contribution in [1.29, 1.82) is 0 Å². The molecule has 0 aromatic heterocycles. The third kappa shape index (κ3) is 7.24. The Labute approximate surface area is 86.9 Å². The van der Waals surface area contributed by atoms with Gasteiger partial charge in [-0.15, -0.1) is 0 Å². The number of carboxylic acids is 1. The first-order chi connectivity index (χ1) is 7.10. The summed E-state index contributed by atoms with van der Waals surface area (Å²) in [4.78, 5) is 31.6. The van der Waals surface area contributed by atoms with Crippen LogP contribution in [-0.4, -0.2) is 36.1 Å². The van der Waals surface area contributed by atoms with E-state index < -0.39 is 18.1 Å². The number of amides is 1. The van der Waals surface area contributed by atoms with E-state index in [9.17, 15) is 14.4 Å². The summed E-state index contributed by atoms with van der Waals surface area (Å²) in [5, 5.41) is 10.6. The fourth-order valence-corrected chi connectivity index (χ4v) is 0.781. The lowest BCUT2D eigenvalue weighted by molar-refractivity contribution is -0.137. The molecule has 0 aromatic carbocycles. The number of carbonyl (C=O) groups excluding carboxylic acids is 2. The number of aliphatic carboxylic acids is 1. The topological polar surface area (TPSA) is 92.7 Å². The summed E-state index contributed by atoms with van der Waals surface area (Å²) >= 11 is 0. The highest BCUT2D eigenvalue weighted by Gasteiger charge is 2.13. The van der Waals surface area contributed by atoms with Gasteiger partial charge in [-0.25, -0.2) is 4.79 Å². The molecular weight excluding hydrogens is 202 g/mol. The number of alkyl carbamates (subject to hydrolysis) is 1. The molecule has 0 aliphatic carbocycles. The maximum Gasteiger partial charge on any atom is 0.408 e. The van der Waals surface area contributed by atoms with Gasteiger partial charge >= 0.3 is 12.1 Å². The first-order valence-electron chi connectivity index (χ1n) is 4.31. The van der Waals surface area contributed by atoms with Crippen LogP contribution in [0.3, 0.4) is 0 Å². The van der Waals surface area contributed by atoms with E-state index in [0.29, 0.717) is 6.29 Å². The van der Waals surface area contributed by atoms with Gasteiger partial charge in [0, 0.05) is 6.42 Å². The molecule has 6 nitrogen and oxygen atoms in total. The number of aldehydes is 1. The predicted octanol–water partition coefficient (Wildman–Crippen LogP) is 0.331. The smallest absolute Gasteiger partial charge is 0.408 e. The molecule has 1 unspecified atom stereocenters. The minimum atomic E-state index is -1.02. The molecule has 84 valence electrons. The molecule has 2 N–H and O–H groups in total. The first kappa shape index (κ1) is 13.2. The number of rotatable bonds is 7. The lowest BCUT2D eigenvalue weighted by Gasteiger charge is -2.10. The summed E-state index contributed by atoms with van der Waals surface area (Å²) in [7, 11) is 0. The van der Waals surface area contributed by atoms with Gasteiger partial charge in [0.05, 0.1) is 6.04 Å². The molecule has 0 aliphatic rings. The van der Waals surface area contributed by atoms with Gasteiger partial charge in [-0.05, 0) is 6.42 Å². The third-order valence-electron chi connectivity index (χ3n) is 1.47. The SMILES string of the molecule is C=CCOC(=O)NC(C=O)CCC(=O)O. The van der Waals surface area contributed by atoms with E-state index in [-0.39, 0.29) is 19.4 Å². The highest BCUT2D eigenvalue weighted by atomic mass is 16.5. The molecule has 0 radical (unpaired) electrons. The molecule has 1 atom stereocenters. The van der Waals surface area contributed by atoms with Gasteiger partial charge in [0.25, 0.3) is 0 Å². The molecule has 0 heterocycles. The van der Waals surface area contributed by atoms with E-state index in [0.717, 1.165) is 0 Å². The number of hydrogen-bond acceptors (Lipinski definition) is 4. The average Bonchev–Trinajstić information content (AvgIpc) is 2.20. The summed E-state index contributed by atoms with van der Waals surface area (Å²) in [6, 6.07) is -0.835. The zero-order valence-corrected chi connectivity index (χ0v) is 8.14. The van der Waals surface area contributed by atoms with Gasteiger partial charge in [0.1, 0.15) is 12.9 Å². The van der Waals surface area contributed by atoms with Gasteiger partial charge in [-0.2, -0.15) is 0 Å². The van der Waals surface area contributed by atoms with Crippen LogP contribution in [-0.2, 0) is 14.3 Å². The minimum Gasteiger partial charge on any atom is -0.481 e. The summed E-state index contributed by atoms with van der Waals surface area (Å²) < 4.78 is 4.56. The molecule has 0 aliphatic heterocycles. The van der Waals surface area contributed by atoms with E-state index in [1.54, 1.807) is 0 Å². The summed E-state index contributed by atoms with van der Waals surface area (Å²) in [6.45, 7) is 3.38. The molecule has 0 bridgehead atoms. The van der Waals surface area contributed by atoms with Gasteiger partial charge in [0.2, 0.25) is 0 Å². The Morgan fingerprint density at radius 2 is 2.20 bits per heavy atom. The van der Waals surface area contributed by atoms with Crippen molar-refractivity contribution in [3.63, 3.8) is 0 Å². The molecule has 0 saturated heterocycles. The van der Waals surface area contributed by atoms with Crippen molar-refractivity contribution >= 4 is 18.3 Å². The van der Waals surface area contributed by atoms with Crippen LogP contribution in [0.4, 0.5) is 4.79 Å². The van der Waals surface area contributed by atoms with Crippen molar-refractivity contribution in [1.82, 2.24) is 5.32 Å².